The SMILES string of the molecule is CC1(CN2CCSCC2S(C)(=O)=O)CCCCN1. The van der Waals surface area contributed by atoms with Gasteiger partial charge in [-0.3, -0.25) is 4.90 Å². The van der Waals surface area contributed by atoms with E-state index in [9.17, 15) is 8.42 Å². The zero-order valence-corrected chi connectivity index (χ0v) is 12.9. The highest BCUT2D eigenvalue weighted by atomic mass is 32.2. The Hall–Kier alpha value is 0.220. The van der Waals surface area contributed by atoms with Crippen LogP contribution < -0.4 is 5.32 Å². The van der Waals surface area contributed by atoms with Crippen molar-refractivity contribution in [3.8, 4) is 0 Å². The Balaban J connectivity index is 2.05. The van der Waals surface area contributed by atoms with E-state index in [1.807, 2.05) is 0 Å². The van der Waals surface area contributed by atoms with Crippen molar-refractivity contribution in [2.24, 2.45) is 0 Å². The van der Waals surface area contributed by atoms with Crippen LogP contribution in [0.2, 0.25) is 0 Å². The molecule has 0 aliphatic carbocycles. The van der Waals surface area contributed by atoms with Crippen molar-refractivity contribution in [3.63, 3.8) is 0 Å². The van der Waals surface area contributed by atoms with E-state index in [1.54, 1.807) is 11.8 Å². The highest BCUT2D eigenvalue weighted by Gasteiger charge is 2.36. The number of hydrogen-bond acceptors (Lipinski definition) is 5. The topological polar surface area (TPSA) is 49.4 Å². The minimum Gasteiger partial charge on any atom is -0.310 e. The van der Waals surface area contributed by atoms with Gasteiger partial charge in [-0.05, 0) is 26.3 Å². The lowest BCUT2D eigenvalue weighted by Crippen LogP contribution is -2.58. The van der Waals surface area contributed by atoms with E-state index < -0.39 is 9.84 Å². The fraction of sp³-hybridized carbons (Fsp3) is 1.00. The van der Waals surface area contributed by atoms with Crippen LogP contribution in [0.1, 0.15) is 26.2 Å². The van der Waals surface area contributed by atoms with E-state index in [2.05, 4.69) is 17.1 Å². The largest absolute Gasteiger partial charge is 0.310 e. The molecule has 0 aromatic carbocycles. The molecule has 0 aromatic rings. The summed E-state index contributed by atoms with van der Waals surface area (Å²) < 4.78 is 23.7. The molecule has 1 N–H and O–H groups in total. The maximum Gasteiger partial charge on any atom is 0.164 e. The molecule has 2 atom stereocenters. The molecule has 2 heterocycles. The summed E-state index contributed by atoms with van der Waals surface area (Å²) >= 11 is 1.75. The molecule has 2 fully saturated rings. The summed E-state index contributed by atoms with van der Waals surface area (Å²) in [6.07, 6.45) is 5.00. The van der Waals surface area contributed by atoms with Gasteiger partial charge in [-0.15, -0.1) is 0 Å². The Morgan fingerprint density at radius 3 is 2.83 bits per heavy atom. The number of thioether (sulfide) groups is 1. The smallest absolute Gasteiger partial charge is 0.164 e. The fourth-order valence-electron chi connectivity index (χ4n) is 2.89. The zero-order chi connectivity index (χ0) is 13.2. The van der Waals surface area contributed by atoms with Gasteiger partial charge in [-0.25, -0.2) is 8.42 Å². The van der Waals surface area contributed by atoms with Gasteiger partial charge in [0.15, 0.2) is 9.84 Å². The molecule has 2 saturated heterocycles. The Morgan fingerprint density at radius 2 is 2.22 bits per heavy atom. The molecule has 0 radical (unpaired) electrons. The van der Waals surface area contributed by atoms with Crippen molar-refractivity contribution >= 4 is 21.6 Å². The molecule has 2 aliphatic heterocycles. The van der Waals surface area contributed by atoms with Crippen molar-refractivity contribution in [1.82, 2.24) is 10.2 Å². The molecule has 4 nitrogen and oxygen atoms in total. The van der Waals surface area contributed by atoms with Gasteiger partial charge in [-0.1, -0.05) is 6.42 Å². The fourth-order valence-corrected chi connectivity index (χ4v) is 5.83. The van der Waals surface area contributed by atoms with Gasteiger partial charge in [0.05, 0.1) is 0 Å². The first-order valence-electron chi connectivity index (χ1n) is 6.66. The molecule has 2 aliphatic rings. The van der Waals surface area contributed by atoms with Crippen LogP contribution in [0.25, 0.3) is 0 Å². The Labute approximate surface area is 115 Å². The molecule has 106 valence electrons. The third-order valence-corrected chi connectivity index (χ3v) is 6.63. The zero-order valence-electron chi connectivity index (χ0n) is 11.3. The van der Waals surface area contributed by atoms with Gasteiger partial charge in [0.25, 0.3) is 0 Å². The number of sulfone groups is 1. The number of hydrogen-bond donors (Lipinski definition) is 1. The molecule has 18 heavy (non-hydrogen) atoms. The van der Waals surface area contributed by atoms with E-state index in [0.29, 0.717) is 0 Å². The second kappa shape index (κ2) is 5.69. The van der Waals surface area contributed by atoms with Crippen LogP contribution in [0, 0.1) is 0 Å². The molecule has 0 bridgehead atoms. The quantitative estimate of drug-likeness (QED) is 0.839. The Kier molecular flexibility index (Phi) is 4.62. The van der Waals surface area contributed by atoms with Crippen LogP contribution in [0.15, 0.2) is 0 Å². The first-order chi connectivity index (χ1) is 8.41. The summed E-state index contributed by atoms with van der Waals surface area (Å²) in [6, 6.07) is 0. The standard InChI is InChI=1S/C12H24N2O2S2/c1-12(5-3-4-6-13-12)10-14-7-8-17-9-11(14)18(2,15)16/h11,13H,3-10H2,1-2H3. The van der Waals surface area contributed by atoms with Gasteiger partial charge in [0.2, 0.25) is 0 Å². The Morgan fingerprint density at radius 1 is 1.44 bits per heavy atom. The lowest BCUT2D eigenvalue weighted by Gasteiger charge is -2.43. The van der Waals surface area contributed by atoms with Gasteiger partial charge in [-0.2, -0.15) is 11.8 Å². The molecule has 0 saturated carbocycles. The summed E-state index contributed by atoms with van der Waals surface area (Å²) in [5, 5.41) is 3.28. The first-order valence-corrected chi connectivity index (χ1v) is 9.77. The molecule has 6 heteroatoms. The predicted molar refractivity (Wildman–Crippen MR) is 77.8 cm³/mol. The molecular weight excluding hydrogens is 268 g/mol. The molecule has 0 aromatic heterocycles. The maximum absolute atomic E-state index is 11.9. The summed E-state index contributed by atoms with van der Waals surface area (Å²) in [5.41, 5.74) is 0.0865. The van der Waals surface area contributed by atoms with Crippen molar-refractivity contribution in [2.45, 2.75) is 37.1 Å². The first kappa shape index (κ1) is 14.6. The summed E-state index contributed by atoms with van der Waals surface area (Å²) in [4.78, 5) is 2.17. The Bertz CT molecular complexity index is 378. The number of piperidine rings is 1. The van der Waals surface area contributed by atoms with Crippen molar-refractivity contribution in [2.75, 3.05) is 37.4 Å². The highest BCUT2D eigenvalue weighted by Crippen LogP contribution is 2.26. The predicted octanol–water partition coefficient (Wildman–Crippen LogP) is 0.938. The third kappa shape index (κ3) is 3.62. The minimum absolute atomic E-state index is 0.0865. The van der Waals surface area contributed by atoms with Crippen molar-refractivity contribution < 1.29 is 8.42 Å². The molecule has 2 rings (SSSR count). The monoisotopic (exact) mass is 292 g/mol. The molecule has 2 unspecified atom stereocenters. The van der Waals surface area contributed by atoms with Crippen molar-refractivity contribution in [1.29, 1.82) is 0 Å². The van der Waals surface area contributed by atoms with Gasteiger partial charge < -0.3 is 5.32 Å². The lowest BCUT2D eigenvalue weighted by atomic mass is 9.90. The third-order valence-electron chi connectivity index (χ3n) is 3.94. The van der Waals surface area contributed by atoms with Crippen LogP contribution in [-0.4, -0.2) is 61.6 Å². The second-order valence-corrected chi connectivity index (χ2v) is 9.13. The van der Waals surface area contributed by atoms with Gasteiger partial charge in [0.1, 0.15) is 5.37 Å². The van der Waals surface area contributed by atoms with E-state index in [-0.39, 0.29) is 10.9 Å². The van der Waals surface area contributed by atoms with E-state index >= 15 is 0 Å². The molecule has 0 spiro atoms. The molecular formula is C12H24N2O2S2. The maximum atomic E-state index is 11.9. The number of nitrogens with zero attached hydrogens (tertiary/aromatic N) is 1. The van der Waals surface area contributed by atoms with E-state index in [4.69, 9.17) is 0 Å². The van der Waals surface area contributed by atoms with Crippen LogP contribution in [0.5, 0.6) is 0 Å². The molecule has 0 amide bonds. The normalized spacial score (nSPS) is 35.6. The van der Waals surface area contributed by atoms with Crippen LogP contribution in [0.4, 0.5) is 0 Å². The highest BCUT2D eigenvalue weighted by molar-refractivity contribution is 8.00. The minimum atomic E-state index is -2.98. The van der Waals surface area contributed by atoms with E-state index in [1.165, 1.54) is 19.1 Å². The van der Waals surface area contributed by atoms with Crippen molar-refractivity contribution in [3.05, 3.63) is 0 Å². The van der Waals surface area contributed by atoms with Crippen LogP contribution >= 0.6 is 11.8 Å². The summed E-state index contributed by atoms with van der Waals surface area (Å²) in [7, 11) is -2.98. The summed E-state index contributed by atoms with van der Waals surface area (Å²) in [5.74, 6) is 1.76. The van der Waals surface area contributed by atoms with E-state index in [0.717, 1.165) is 37.6 Å². The average molecular weight is 292 g/mol. The summed E-state index contributed by atoms with van der Waals surface area (Å²) in [6.45, 7) is 5.03. The number of rotatable bonds is 3. The van der Waals surface area contributed by atoms with Gasteiger partial charge >= 0.3 is 0 Å². The second-order valence-electron chi connectivity index (χ2n) is 5.77. The number of nitrogens with one attached hydrogen (secondary N) is 1. The van der Waals surface area contributed by atoms with Crippen LogP contribution in [0.3, 0.4) is 0 Å². The lowest BCUT2D eigenvalue weighted by molar-refractivity contribution is 0.161. The van der Waals surface area contributed by atoms with Gasteiger partial charge in [0, 0.05) is 36.4 Å². The van der Waals surface area contributed by atoms with Crippen LogP contribution in [-0.2, 0) is 9.84 Å². The average Bonchev–Trinajstić information content (AvgIpc) is 2.28.